The predicted octanol–water partition coefficient (Wildman–Crippen LogP) is 1.17. The fourth-order valence-corrected chi connectivity index (χ4v) is 1.53. The Kier molecular flexibility index (Phi) is 3.73. The molecule has 2 atom stereocenters. The Labute approximate surface area is 91.9 Å². The molecule has 0 saturated carbocycles. The second-order valence-corrected chi connectivity index (χ2v) is 5.34. The van der Waals surface area contributed by atoms with Gasteiger partial charge >= 0.3 is 5.97 Å². The van der Waals surface area contributed by atoms with E-state index in [-0.39, 0.29) is 18.1 Å². The zero-order chi connectivity index (χ0) is 11.6. The molecule has 0 aromatic carbocycles. The highest BCUT2D eigenvalue weighted by Crippen LogP contribution is 2.19. The van der Waals surface area contributed by atoms with Gasteiger partial charge in [0, 0.05) is 13.1 Å². The number of piperazine rings is 1. The summed E-state index contributed by atoms with van der Waals surface area (Å²) in [6.45, 7) is 11.4. The first-order chi connectivity index (χ1) is 6.82. The van der Waals surface area contributed by atoms with Crippen LogP contribution in [0.2, 0.25) is 0 Å². The van der Waals surface area contributed by atoms with Crippen LogP contribution in [0.3, 0.4) is 0 Å². The highest BCUT2D eigenvalue weighted by atomic mass is 16.7. The highest BCUT2D eigenvalue weighted by molar-refractivity contribution is 5.75. The Balaban J connectivity index is 2.59. The first-order valence-corrected chi connectivity index (χ1v) is 5.54. The van der Waals surface area contributed by atoms with Gasteiger partial charge in [-0.25, -0.2) is 4.79 Å². The molecule has 0 spiro atoms. The molecule has 0 radical (unpaired) electrons. The maximum absolute atomic E-state index is 11.7. The summed E-state index contributed by atoms with van der Waals surface area (Å²) < 4.78 is 0. The molecular formula is C11H22N2O2. The predicted molar refractivity (Wildman–Crippen MR) is 59.2 cm³/mol. The van der Waals surface area contributed by atoms with Crippen LogP contribution in [0.1, 0.15) is 34.6 Å². The minimum Gasteiger partial charge on any atom is -0.367 e. The minimum absolute atomic E-state index is 0.164. The van der Waals surface area contributed by atoms with E-state index in [1.165, 1.54) is 0 Å². The molecule has 1 aliphatic rings. The maximum Gasteiger partial charge on any atom is 0.330 e. The Morgan fingerprint density at radius 3 is 2.13 bits per heavy atom. The van der Waals surface area contributed by atoms with E-state index in [2.05, 4.69) is 19.2 Å². The molecule has 88 valence electrons. The van der Waals surface area contributed by atoms with Crippen molar-refractivity contribution in [3.63, 3.8) is 0 Å². The molecular weight excluding hydrogens is 192 g/mol. The van der Waals surface area contributed by atoms with Crippen LogP contribution in [0.15, 0.2) is 0 Å². The lowest BCUT2D eigenvalue weighted by atomic mass is 9.98. The topological polar surface area (TPSA) is 41.6 Å². The number of nitrogens with one attached hydrogen (secondary N) is 1. The van der Waals surface area contributed by atoms with E-state index >= 15 is 0 Å². The first kappa shape index (κ1) is 12.5. The molecule has 15 heavy (non-hydrogen) atoms. The summed E-state index contributed by atoms with van der Waals surface area (Å²) in [5.74, 6) is -0.164. The van der Waals surface area contributed by atoms with Crippen LogP contribution in [0, 0.1) is 5.41 Å². The molecule has 0 aromatic heterocycles. The molecule has 2 unspecified atom stereocenters. The Morgan fingerprint density at radius 1 is 1.27 bits per heavy atom. The summed E-state index contributed by atoms with van der Waals surface area (Å²) in [6, 6.07) is 0.472. The highest BCUT2D eigenvalue weighted by Gasteiger charge is 2.32. The molecule has 1 rings (SSSR count). The largest absolute Gasteiger partial charge is 0.367 e. The average Bonchev–Trinajstić information content (AvgIpc) is 2.09. The van der Waals surface area contributed by atoms with Gasteiger partial charge in [-0.1, -0.05) is 0 Å². The van der Waals surface area contributed by atoms with E-state index in [0.717, 1.165) is 13.1 Å². The zero-order valence-electron chi connectivity index (χ0n) is 10.3. The normalized spacial score (nSPS) is 28.9. The van der Waals surface area contributed by atoms with Crippen LogP contribution in [0.4, 0.5) is 0 Å². The van der Waals surface area contributed by atoms with Crippen molar-refractivity contribution in [3.8, 4) is 0 Å². The van der Waals surface area contributed by atoms with Gasteiger partial charge in [-0.05, 0) is 34.6 Å². The Bertz CT molecular complexity index is 225. The molecule has 1 aliphatic heterocycles. The molecule has 1 fully saturated rings. The van der Waals surface area contributed by atoms with Crippen LogP contribution in [0.25, 0.3) is 0 Å². The van der Waals surface area contributed by atoms with Gasteiger partial charge in [-0.15, -0.1) is 5.06 Å². The molecule has 1 saturated heterocycles. The molecule has 1 N–H and O–H groups in total. The number of hydrogen-bond donors (Lipinski definition) is 1. The number of carbonyl (C=O) groups excluding carboxylic acids is 1. The third-order valence-corrected chi connectivity index (χ3v) is 2.55. The van der Waals surface area contributed by atoms with Crippen molar-refractivity contribution in [1.82, 2.24) is 10.4 Å². The lowest BCUT2D eigenvalue weighted by Crippen LogP contribution is -2.56. The number of hydrogen-bond acceptors (Lipinski definition) is 4. The van der Waals surface area contributed by atoms with Crippen LogP contribution in [-0.2, 0) is 9.63 Å². The van der Waals surface area contributed by atoms with Crippen molar-refractivity contribution in [1.29, 1.82) is 0 Å². The number of nitrogens with zero attached hydrogens (tertiary/aromatic N) is 1. The summed E-state index contributed by atoms with van der Waals surface area (Å²) in [5, 5.41) is 5.10. The van der Waals surface area contributed by atoms with E-state index in [4.69, 9.17) is 4.84 Å². The summed E-state index contributed by atoms with van der Waals surface area (Å²) in [7, 11) is 0. The second kappa shape index (κ2) is 4.49. The lowest BCUT2D eigenvalue weighted by Gasteiger charge is -2.38. The van der Waals surface area contributed by atoms with Crippen LogP contribution < -0.4 is 5.32 Å². The molecule has 1 heterocycles. The van der Waals surface area contributed by atoms with Crippen molar-refractivity contribution >= 4 is 5.97 Å². The van der Waals surface area contributed by atoms with Gasteiger partial charge < -0.3 is 10.2 Å². The third-order valence-electron chi connectivity index (χ3n) is 2.55. The van der Waals surface area contributed by atoms with Gasteiger partial charge in [0.25, 0.3) is 0 Å². The molecule has 4 nitrogen and oxygen atoms in total. The van der Waals surface area contributed by atoms with Crippen molar-refractivity contribution in [3.05, 3.63) is 0 Å². The fourth-order valence-electron chi connectivity index (χ4n) is 1.53. The van der Waals surface area contributed by atoms with Crippen LogP contribution >= 0.6 is 0 Å². The smallest absolute Gasteiger partial charge is 0.330 e. The third kappa shape index (κ3) is 3.18. The first-order valence-electron chi connectivity index (χ1n) is 5.54. The zero-order valence-corrected chi connectivity index (χ0v) is 10.3. The van der Waals surface area contributed by atoms with Gasteiger partial charge in [0.15, 0.2) is 0 Å². The molecule has 0 bridgehead atoms. The van der Waals surface area contributed by atoms with Gasteiger partial charge in [0.05, 0.1) is 17.5 Å². The van der Waals surface area contributed by atoms with Gasteiger partial charge in [0.1, 0.15) is 0 Å². The van der Waals surface area contributed by atoms with Gasteiger partial charge in [0.2, 0.25) is 0 Å². The summed E-state index contributed by atoms with van der Waals surface area (Å²) in [6.07, 6.45) is 0. The molecule has 4 heteroatoms. The molecule has 0 amide bonds. The average molecular weight is 214 g/mol. The number of rotatable bonds is 1. The minimum atomic E-state index is -0.440. The van der Waals surface area contributed by atoms with E-state index in [1.54, 1.807) is 0 Å². The summed E-state index contributed by atoms with van der Waals surface area (Å²) >= 11 is 0. The second-order valence-electron chi connectivity index (χ2n) is 5.34. The Morgan fingerprint density at radius 2 is 1.73 bits per heavy atom. The number of carbonyl (C=O) groups is 1. The van der Waals surface area contributed by atoms with Gasteiger partial charge in [-0.2, -0.15) is 0 Å². The van der Waals surface area contributed by atoms with Crippen LogP contribution in [0.5, 0.6) is 0 Å². The monoisotopic (exact) mass is 214 g/mol. The maximum atomic E-state index is 11.7. The van der Waals surface area contributed by atoms with E-state index in [1.807, 2.05) is 25.8 Å². The van der Waals surface area contributed by atoms with Gasteiger partial charge in [-0.3, -0.25) is 0 Å². The van der Waals surface area contributed by atoms with E-state index in [0.29, 0.717) is 0 Å². The Hall–Kier alpha value is -0.610. The van der Waals surface area contributed by atoms with Crippen molar-refractivity contribution in [2.45, 2.75) is 46.7 Å². The number of hydroxylamine groups is 2. The standard InChI is InChI=1S/C11H22N2O2/c1-8-6-12-7-9(2)13(8)15-10(14)11(3,4)5/h8-9,12H,6-7H2,1-5H3. The lowest BCUT2D eigenvalue weighted by molar-refractivity contribution is -0.225. The fraction of sp³-hybridized carbons (Fsp3) is 0.909. The SMILES string of the molecule is CC1CNCC(C)N1OC(=O)C(C)(C)C. The van der Waals surface area contributed by atoms with Crippen LogP contribution in [-0.4, -0.2) is 36.2 Å². The van der Waals surface area contributed by atoms with Crippen molar-refractivity contribution in [2.24, 2.45) is 5.41 Å². The van der Waals surface area contributed by atoms with E-state index in [9.17, 15) is 4.79 Å². The molecule has 0 aliphatic carbocycles. The van der Waals surface area contributed by atoms with Crippen molar-refractivity contribution in [2.75, 3.05) is 13.1 Å². The molecule has 0 aromatic rings. The summed E-state index contributed by atoms with van der Waals surface area (Å²) in [5.41, 5.74) is -0.440. The summed E-state index contributed by atoms with van der Waals surface area (Å²) in [4.78, 5) is 17.2. The van der Waals surface area contributed by atoms with Crippen molar-refractivity contribution < 1.29 is 9.63 Å². The quantitative estimate of drug-likeness (QED) is 0.711. The van der Waals surface area contributed by atoms with E-state index < -0.39 is 5.41 Å².